The Morgan fingerprint density at radius 3 is 3.13 bits per heavy atom. The minimum Gasteiger partial charge on any atom is -0.492 e. The fourth-order valence-electron chi connectivity index (χ4n) is 1.70. The van der Waals surface area contributed by atoms with Crippen LogP contribution in [0.5, 0.6) is 5.75 Å². The first-order valence-corrected chi connectivity index (χ1v) is 4.92. The van der Waals surface area contributed by atoms with Crippen LogP contribution in [0.15, 0.2) is 18.2 Å². The predicted molar refractivity (Wildman–Crippen MR) is 55.3 cm³/mol. The van der Waals surface area contributed by atoms with E-state index in [0.717, 1.165) is 17.9 Å². The molecule has 0 spiro atoms. The number of carboxylic acid groups (broad SMARTS) is 1. The lowest BCUT2D eigenvalue weighted by atomic mass is 10.0. The molecule has 0 radical (unpaired) electrons. The molecule has 0 aliphatic carbocycles. The van der Waals surface area contributed by atoms with Gasteiger partial charge in [0.2, 0.25) is 0 Å². The average molecular weight is 207 g/mol. The zero-order chi connectivity index (χ0) is 10.8. The number of hydrogen-bond acceptors (Lipinski definition) is 3. The highest BCUT2D eigenvalue weighted by Gasteiger charge is 2.17. The normalized spacial score (nSPS) is 19.9. The maximum atomic E-state index is 10.8. The molecule has 1 atom stereocenters. The van der Waals surface area contributed by atoms with Crippen LogP contribution in [0.3, 0.4) is 0 Å². The topological polar surface area (TPSA) is 58.6 Å². The van der Waals surface area contributed by atoms with Crippen LogP contribution in [0, 0.1) is 0 Å². The predicted octanol–water partition coefficient (Wildman–Crippen LogP) is 1.43. The van der Waals surface area contributed by atoms with Crippen LogP contribution in [0.25, 0.3) is 0 Å². The molecule has 0 aromatic heterocycles. The molecule has 0 amide bonds. The van der Waals surface area contributed by atoms with Crippen molar-refractivity contribution in [3.8, 4) is 5.75 Å². The van der Waals surface area contributed by atoms with Gasteiger partial charge in [-0.05, 0) is 25.1 Å². The first kappa shape index (κ1) is 9.98. The molecule has 1 heterocycles. The molecule has 1 aliphatic rings. The Balaban J connectivity index is 2.44. The van der Waals surface area contributed by atoms with Gasteiger partial charge >= 0.3 is 5.97 Å². The largest absolute Gasteiger partial charge is 0.492 e. The second-order valence-electron chi connectivity index (χ2n) is 3.58. The first-order chi connectivity index (χ1) is 7.18. The molecule has 80 valence electrons. The quantitative estimate of drug-likeness (QED) is 0.731. The van der Waals surface area contributed by atoms with Gasteiger partial charge in [0.15, 0.2) is 0 Å². The Hall–Kier alpha value is -1.55. The minimum absolute atomic E-state index is 0.127. The van der Waals surface area contributed by atoms with Crippen LogP contribution in [-0.2, 0) is 0 Å². The highest BCUT2D eigenvalue weighted by molar-refractivity contribution is 5.88. The monoisotopic (exact) mass is 207 g/mol. The van der Waals surface area contributed by atoms with E-state index in [0.29, 0.717) is 12.2 Å². The van der Waals surface area contributed by atoms with E-state index in [1.165, 1.54) is 0 Å². The molecular weight excluding hydrogens is 194 g/mol. The molecule has 1 aromatic rings. The van der Waals surface area contributed by atoms with Gasteiger partial charge in [0.1, 0.15) is 12.4 Å². The van der Waals surface area contributed by atoms with Gasteiger partial charge in [0.25, 0.3) is 0 Å². The van der Waals surface area contributed by atoms with Crippen molar-refractivity contribution in [2.24, 2.45) is 0 Å². The molecule has 1 aromatic carbocycles. The van der Waals surface area contributed by atoms with Crippen LogP contribution in [0.2, 0.25) is 0 Å². The van der Waals surface area contributed by atoms with Gasteiger partial charge in [-0.15, -0.1) is 0 Å². The third kappa shape index (κ3) is 1.94. The Labute approximate surface area is 87.9 Å². The van der Waals surface area contributed by atoms with Crippen LogP contribution in [-0.4, -0.2) is 24.2 Å². The second-order valence-corrected chi connectivity index (χ2v) is 3.58. The number of hydrogen-bond donors (Lipinski definition) is 2. The van der Waals surface area contributed by atoms with E-state index in [1.807, 2.05) is 6.92 Å². The third-order valence-electron chi connectivity index (χ3n) is 2.53. The van der Waals surface area contributed by atoms with Gasteiger partial charge < -0.3 is 15.2 Å². The zero-order valence-corrected chi connectivity index (χ0v) is 8.49. The smallest absolute Gasteiger partial charge is 0.335 e. The van der Waals surface area contributed by atoms with Crippen molar-refractivity contribution in [1.29, 1.82) is 0 Å². The summed E-state index contributed by atoms with van der Waals surface area (Å²) in [5.74, 6) is -0.133. The highest BCUT2D eigenvalue weighted by atomic mass is 16.5. The van der Waals surface area contributed by atoms with Crippen LogP contribution >= 0.6 is 0 Å². The van der Waals surface area contributed by atoms with Gasteiger partial charge in [0.05, 0.1) is 5.56 Å². The summed E-state index contributed by atoms with van der Waals surface area (Å²) in [6.07, 6.45) is 0. The summed E-state index contributed by atoms with van der Waals surface area (Å²) in [6, 6.07) is 5.09. The number of benzene rings is 1. The number of nitrogens with one attached hydrogen (secondary N) is 1. The van der Waals surface area contributed by atoms with E-state index in [4.69, 9.17) is 9.84 Å². The molecule has 4 nitrogen and oxygen atoms in total. The number of carbonyl (C=O) groups is 1. The molecule has 2 N–H and O–H groups in total. The summed E-state index contributed by atoms with van der Waals surface area (Å²) in [4.78, 5) is 10.8. The Bertz CT molecular complexity index is 389. The Morgan fingerprint density at radius 1 is 1.60 bits per heavy atom. The summed E-state index contributed by atoms with van der Waals surface area (Å²) in [5.41, 5.74) is 1.21. The second kappa shape index (κ2) is 3.90. The summed E-state index contributed by atoms with van der Waals surface area (Å²) in [7, 11) is 0. The molecular formula is C11H13NO3. The number of carboxylic acids is 1. The molecule has 1 aliphatic heterocycles. The molecule has 0 saturated carbocycles. The van der Waals surface area contributed by atoms with Crippen molar-refractivity contribution < 1.29 is 14.6 Å². The SMILES string of the molecule is C[C@H]1NCCOc2ccc(C(=O)O)cc21. The zero-order valence-electron chi connectivity index (χ0n) is 8.49. The molecule has 0 fully saturated rings. The maximum absolute atomic E-state index is 10.8. The Morgan fingerprint density at radius 2 is 2.40 bits per heavy atom. The average Bonchev–Trinajstić information content (AvgIpc) is 2.40. The first-order valence-electron chi connectivity index (χ1n) is 4.92. The fourth-order valence-corrected chi connectivity index (χ4v) is 1.70. The van der Waals surface area contributed by atoms with Gasteiger partial charge in [0, 0.05) is 18.2 Å². The van der Waals surface area contributed by atoms with E-state index in [9.17, 15) is 4.79 Å². The van der Waals surface area contributed by atoms with Crippen molar-refractivity contribution >= 4 is 5.97 Å². The standard InChI is InChI=1S/C11H13NO3/c1-7-9-6-8(11(13)14)2-3-10(9)15-5-4-12-7/h2-3,6-7,12H,4-5H2,1H3,(H,13,14)/t7-/m1/s1. The third-order valence-corrected chi connectivity index (χ3v) is 2.53. The number of ether oxygens (including phenoxy) is 1. The van der Waals surface area contributed by atoms with Crippen LogP contribution in [0.4, 0.5) is 0 Å². The minimum atomic E-state index is -0.908. The van der Waals surface area contributed by atoms with Crippen molar-refractivity contribution in [2.45, 2.75) is 13.0 Å². The molecule has 0 unspecified atom stereocenters. The fraction of sp³-hybridized carbons (Fsp3) is 0.364. The summed E-state index contributed by atoms with van der Waals surface area (Å²) >= 11 is 0. The van der Waals surface area contributed by atoms with Crippen molar-refractivity contribution in [3.05, 3.63) is 29.3 Å². The van der Waals surface area contributed by atoms with E-state index >= 15 is 0 Å². The van der Waals surface area contributed by atoms with E-state index in [2.05, 4.69) is 5.32 Å². The van der Waals surface area contributed by atoms with Crippen molar-refractivity contribution in [3.63, 3.8) is 0 Å². The lowest BCUT2D eigenvalue weighted by molar-refractivity contribution is 0.0696. The molecule has 0 bridgehead atoms. The summed E-state index contributed by atoms with van der Waals surface area (Å²) < 4.78 is 5.50. The number of fused-ring (bicyclic) bond motifs is 1. The van der Waals surface area contributed by atoms with E-state index < -0.39 is 5.97 Å². The molecule has 0 saturated heterocycles. The van der Waals surface area contributed by atoms with Crippen LogP contribution in [0.1, 0.15) is 28.9 Å². The van der Waals surface area contributed by atoms with Gasteiger partial charge in [-0.2, -0.15) is 0 Å². The highest BCUT2D eigenvalue weighted by Crippen LogP contribution is 2.27. The van der Waals surface area contributed by atoms with Gasteiger partial charge in [-0.25, -0.2) is 4.79 Å². The summed E-state index contributed by atoms with van der Waals surface area (Å²) in [6.45, 7) is 3.39. The number of rotatable bonds is 1. The van der Waals surface area contributed by atoms with Gasteiger partial charge in [-0.1, -0.05) is 0 Å². The molecule has 2 rings (SSSR count). The lowest BCUT2D eigenvalue weighted by Gasteiger charge is -2.12. The van der Waals surface area contributed by atoms with Gasteiger partial charge in [-0.3, -0.25) is 0 Å². The number of aromatic carboxylic acids is 1. The van der Waals surface area contributed by atoms with Crippen LogP contribution < -0.4 is 10.1 Å². The van der Waals surface area contributed by atoms with E-state index in [1.54, 1.807) is 18.2 Å². The molecule has 4 heteroatoms. The molecule has 15 heavy (non-hydrogen) atoms. The van der Waals surface area contributed by atoms with Crippen molar-refractivity contribution in [2.75, 3.05) is 13.2 Å². The lowest BCUT2D eigenvalue weighted by Crippen LogP contribution is -2.20. The van der Waals surface area contributed by atoms with E-state index in [-0.39, 0.29) is 6.04 Å². The maximum Gasteiger partial charge on any atom is 0.335 e. The Kier molecular flexibility index (Phi) is 2.60. The van der Waals surface area contributed by atoms with Crippen molar-refractivity contribution in [1.82, 2.24) is 5.32 Å². The summed E-state index contributed by atoms with van der Waals surface area (Å²) in [5, 5.41) is 12.1.